The second-order valence-electron chi connectivity index (χ2n) is 9.94. The van der Waals surface area contributed by atoms with Crippen molar-refractivity contribution in [1.29, 1.82) is 0 Å². The molecule has 3 aromatic heterocycles. The molecule has 13 heteroatoms. The number of aryl methyl sites for hydroxylation is 1. The summed E-state index contributed by atoms with van der Waals surface area (Å²) in [6, 6.07) is 8.56. The number of nitrogens with one attached hydrogen (secondary N) is 1. The van der Waals surface area contributed by atoms with E-state index in [9.17, 15) is 16.8 Å². The van der Waals surface area contributed by atoms with E-state index in [-0.39, 0.29) is 33.6 Å². The molecule has 0 atom stereocenters. The van der Waals surface area contributed by atoms with Crippen LogP contribution < -0.4 is 4.74 Å². The number of ether oxygens (including phenoxy) is 1. The highest BCUT2D eigenvalue weighted by Gasteiger charge is 2.25. The second-order valence-corrected chi connectivity index (χ2v) is 14.2. The smallest absolute Gasteiger partial charge is 0.181 e. The van der Waals surface area contributed by atoms with Crippen LogP contribution in [0, 0.1) is 12.8 Å². The zero-order chi connectivity index (χ0) is 27.4. The lowest BCUT2D eigenvalue weighted by molar-refractivity contribution is 0.384. The number of aromatic nitrogens is 6. The number of rotatable bonds is 6. The minimum absolute atomic E-state index is 0.0500. The standard InChI is InChI=1S/C26H26N6O5S2/c1-16-29-20-4-3-19(11-22(20)30-16)37-24-6-5-21-25(26(24)38(2,33)34)31-23(13-27-21)18-12-28-32(15-18)14-17-7-9-39(35,36)10-8-17/h3-6,11-13,15,17H,7-10,14H2,1-2H3,(H,29,30). The zero-order valence-electron chi connectivity index (χ0n) is 21.3. The molecule has 6 rings (SSSR count). The van der Waals surface area contributed by atoms with E-state index in [1.807, 2.05) is 13.1 Å². The Bertz CT molecular complexity index is 1930. The minimum atomic E-state index is -3.76. The van der Waals surface area contributed by atoms with Gasteiger partial charge in [-0.3, -0.25) is 9.67 Å². The van der Waals surface area contributed by atoms with Crippen molar-refractivity contribution in [1.82, 2.24) is 29.7 Å². The van der Waals surface area contributed by atoms with E-state index < -0.39 is 19.7 Å². The number of aromatic amines is 1. The fourth-order valence-corrected chi connectivity index (χ4v) is 7.47. The first kappa shape index (κ1) is 25.4. The van der Waals surface area contributed by atoms with Crippen LogP contribution in [-0.2, 0) is 26.2 Å². The molecule has 4 heterocycles. The number of hydrogen-bond acceptors (Lipinski definition) is 9. The molecule has 1 aliphatic rings. The molecule has 0 bridgehead atoms. The molecule has 11 nitrogen and oxygen atoms in total. The van der Waals surface area contributed by atoms with Gasteiger partial charge in [-0.15, -0.1) is 0 Å². The van der Waals surface area contributed by atoms with Crippen LogP contribution in [0.4, 0.5) is 0 Å². The Morgan fingerprint density at radius 3 is 2.62 bits per heavy atom. The summed E-state index contributed by atoms with van der Waals surface area (Å²) < 4.78 is 57.2. The highest BCUT2D eigenvalue weighted by molar-refractivity contribution is 7.91. The van der Waals surface area contributed by atoms with Gasteiger partial charge in [0.25, 0.3) is 0 Å². The summed E-state index contributed by atoms with van der Waals surface area (Å²) in [5.74, 6) is 2.01. The molecule has 0 saturated carbocycles. The van der Waals surface area contributed by atoms with Crippen molar-refractivity contribution in [3.63, 3.8) is 0 Å². The number of hydrogen-bond donors (Lipinski definition) is 1. The van der Waals surface area contributed by atoms with Crippen molar-refractivity contribution in [2.75, 3.05) is 17.8 Å². The topological polar surface area (TPSA) is 150 Å². The number of H-pyrrole nitrogens is 1. The summed E-state index contributed by atoms with van der Waals surface area (Å²) in [7, 11) is -6.69. The van der Waals surface area contributed by atoms with E-state index in [1.165, 1.54) is 0 Å². The van der Waals surface area contributed by atoms with E-state index in [0.29, 0.717) is 41.9 Å². The molecule has 1 fully saturated rings. The van der Waals surface area contributed by atoms with Gasteiger partial charge in [-0.2, -0.15) is 5.10 Å². The van der Waals surface area contributed by atoms with Gasteiger partial charge in [0.1, 0.15) is 37.6 Å². The fourth-order valence-electron chi connectivity index (χ4n) is 4.90. The number of nitrogens with zero attached hydrogens (tertiary/aromatic N) is 5. The van der Waals surface area contributed by atoms with Crippen LogP contribution in [0.25, 0.3) is 33.3 Å². The normalized spacial score (nSPS) is 16.2. The van der Waals surface area contributed by atoms with E-state index in [4.69, 9.17) is 4.74 Å². The highest BCUT2D eigenvalue weighted by Crippen LogP contribution is 2.35. The third-order valence-corrected chi connectivity index (χ3v) is 9.70. The molecule has 0 aliphatic carbocycles. The molecule has 5 aromatic rings. The molecule has 0 unspecified atom stereocenters. The van der Waals surface area contributed by atoms with E-state index in [1.54, 1.807) is 47.4 Å². The lowest BCUT2D eigenvalue weighted by atomic mass is 10.0. The molecule has 0 radical (unpaired) electrons. The summed E-state index contributed by atoms with van der Waals surface area (Å²) >= 11 is 0. The lowest BCUT2D eigenvalue weighted by Crippen LogP contribution is -2.26. The van der Waals surface area contributed by atoms with Crippen molar-refractivity contribution in [3.8, 4) is 22.8 Å². The van der Waals surface area contributed by atoms with Crippen LogP contribution in [0.15, 0.2) is 53.8 Å². The number of imidazole rings is 1. The van der Waals surface area contributed by atoms with Gasteiger partial charge < -0.3 is 9.72 Å². The largest absolute Gasteiger partial charge is 0.456 e. The number of sulfone groups is 2. The Balaban J connectivity index is 1.34. The summed E-state index contributed by atoms with van der Waals surface area (Å²) in [6.07, 6.45) is 7.39. The molecule has 1 N–H and O–H groups in total. The van der Waals surface area contributed by atoms with Crippen LogP contribution >= 0.6 is 0 Å². The summed E-state index contributed by atoms with van der Waals surface area (Å²) in [5, 5.41) is 4.42. The predicted molar refractivity (Wildman–Crippen MR) is 146 cm³/mol. The van der Waals surface area contributed by atoms with E-state index in [0.717, 1.165) is 23.1 Å². The average Bonchev–Trinajstić information content (AvgIpc) is 3.49. The molecular formula is C26H26N6O5S2. The molecule has 39 heavy (non-hydrogen) atoms. The molecular weight excluding hydrogens is 540 g/mol. The summed E-state index contributed by atoms with van der Waals surface area (Å²) in [5.41, 5.74) is 3.33. The summed E-state index contributed by atoms with van der Waals surface area (Å²) in [4.78, 5) is 16.6. The van der Waals surface area contributed by atoms with Crippen LogP contribution in [0.3, 0.4) is 0 Å². The third-order valence-electron chi connectivity index (χ3n) is 6.85. The Kier molecular flexibility index (Phi) is 6.14. The van der Waals surface area contributed by atoms with Crippen LogP contribution in [0.1, 0.15) is 18.7 Å². The molecule has 0 amide bonds. The monoisotopic (exact) mass is 566 g/mol. The van der Waals surface area contributed by atoms with Crippen molar-refractivity contribution in [2.45, 2.75) is 31.2 Å². The van der Waals surface area contributed by atoms with Crippen molar-refractivity contribution < 1.29 is 21.6 Å². The zero-order valence-corrected chi connectivity index (χ0v) is 23.0. The van der Waals surface area contributed by atoms with Gasteiger partial charge in [-0.05, 0) is 49.9 Å². The molecule has 0 spiro atoms. The van der Waals surface area contributed by atoms with Gasteiger partial charge >= 0.3 is 0 Å². The van der Waals surface area contributed by atoms with Gasteiger partial charge in [0, 0.05) is 30.6 Å². The molecule has 1 saturated heterocycles. The third kappa shape index (κ3) is 5.23. The quantitative estimate of drug-likeness (QED) is 0.324. The van der Waals surface area contributed by atoms with Crippen LogP contribution in [-0.4, -0.2) is 64.3 Å². The first-order chi connectivity index (χ1) is 18.5. The van der Waals surface area contributed by atoms with Crippen molar-refractivity contribution >= 4 is 41.7 Å². The SMILES string of the molecule is Cc1nc2ccc(Oc3ccc4ncc(-c5cnn(CC6CCS(=O)(=O)CC6)c5)nc4c3S(C)(=O)=O)cc2[nH]1. The first-order valence-electron chi connectivity index (χ1n) is 12.4. The van der Waals surface area contributed by atoms with Crippen LogP contribution in [0.5, 0.6) is 11.5 Å². The Morgan fingerprint density at radius 1 is 1.08 bits per heavy atom. The maximum atomic E-state index is 13.0. The number of fused-ring (bicyclic) bond motifs is 2. The maximum absolute atomic E-state index is 13.0. The highest BCUT2D eigenvalue weighted by atomic mass is 32.2. The van der Waals surface area contributed by atoms with Gasteiger partial charge in [0.15, 0.2) is 9.84 Å². The second kappa shape index (κ2) is 9.42. The maximum Gasteiger partial charge on any atom is 0.181 e. The number of benzene rings is 2. The van der Waals surface area contributed by atoms with Gasteiger partial charge in [-0.1, -0.05) is 0 Å². The Hall–Kier alpha value is -3.84. The van der Waals surface area contributed by atoms with Crippen molar-refractivity contribution in [2.24, 2.45) is 5.92 Å². The van der Waals surface area contributed by atoms with Crippen molar-refractivity contribution in [3.05, 3.63) is 54.7 Å². The van der Waals surface area contributed by atoms with E-state index >= 15 is 0 Å². The van der Waals surface area contributed by atoms with Gasteiger partial charge in [0.05, 0.1) is 46.1 Å². The predicted octanol–water partition coefficient (Wildman–Crippen LogP) is 3.70. The Labute approximate surface area is 225 Å². The summed E-state index contributed by atoms with van der Waals surface area (Å²) in [6.45, 7) is 2.46. The Morgan fingerprint density at radius 2 is 1.85 bits per heavy atom. The van der Waals surface area contributed by atoms with E-state index in [2.05, 4.69) is 25.0 Å². The molecule has 2 aromatic carbocycles. The molecule has 202 valence electrons. The average molecular weight is 567 g/mol. The van der Waals surface area contributed by atoms with Crippen LogP contribution in [0.2, 0.25) is 0 Å². The minimum Gasteiger partial charge on any atom is -0.456 e. The lowest BCUT2D eigenvalue weighted by Gasteiger charge is -2.21. The fraction of sp³-hybridized carbons (Fsp3) is 0.308. The van der Waals surface area contributed by atoms with Gasteiger partial charge in [-0.25, -0.2) is 26.8 Å². The molecule has 1 aliphatic heterocycles. The van der Waals surface area contributed by atoms with Gasteiger partial charge in [0.2, 0.25) is 0 Å². The first-order valence-corrected chi connectivity index (χ1v) is 16.1.